The minimum Gasteiger partial charge on any atom is -0.333 e. The summed E-state index contributed by atoms with van der Waals surface area (Å²) < 4.78 is 5.28. The fraction of sp³-hybridized carbons (Fsp3) is 0.273. The van der Waals surface area contributed by atoms with Crippen LogP contribution in [0.15, 0.2) is 60.2 Å². The topological polar surface area (TPSA) is 51.9 Å². The van der Waals surface area contributed by atoms with Crippen LogP contribution < -0.4 is 5.32 Å². The van der Waals surface area contributed by atoms with Crippen LogP contribution in [0.4, 0.5) is 5.69 Å². The van der Waals surface area contributed by atoms with E-state index in [2.05, 4.69) is 38.6 Å². The van der Waals surface area contributed by atoms with Crippen LogP contribution in [0, 0.1) is 0 Å². The van der Waals surface area contributed by atoms with Crippen LogP contribution in [0.1, 0.15) is 47.8 Å². The lowest BCUT2D eigenvalue weighted by molar-refractivity contribution is 0.101. The fourth-order valence-electron chi connectivity index (χ4n) is 4.16. The molecule has 0 saturated heterocycles. The normalized spacial score (nSPS) is 14.7. The minimum absolute atomic E-state index is 0.0606. The number of nitrogens with zero attached hydrogens (tertiary/aromatic N) is 3. The lowest BCUT2D eigenvalue weighted by atomic mass is 10.2. The van der Waals surface area contributed by atoms with Crippen molar-refractivity contribution in [3.8, 4) is 0 Å². The first kappa shape index (κ1) is 17.3. The van der Waals surface area contributed by atoms with Gasteiger partial charge in [-0.25, -0.2) is 0 Å². The molecule has 1 aliphatic rings. The first-order valence-corrected chi connectivity index (χ1v) is 10.6. The van der Waals surface area contributed by atoms with Gasteiger partial charge in [0.15, 0.2) is 0 Å². The first-order valence-electron chi connectivity index (χ1n) is 9.74. The summed E-state index contributed by atoms with van der Waals surface area (Å²) >= 11 is 1.69. The third kappa shape index (κ3) is 3.24. The Kier molecular flexibility index (Phi) is 4.49. The van der Waals surface area contributed by atoms with E-state index in [1.54, 1.807) is 17.5 Å². The van der Waals surface area contributed by atoms with Gasteiger partial charge in [-0.2, -0.15) is 5.10 Å². The maximum Gasteiger partial charge on any atom is 0.272 e. The van der Waals surface area contributed by atoms with Crippen molar-refractivity contribution < 1.29 is 4.79 Å². The van der Waals surface area contributed by atoms with Crippen molar-refractivity contribution in [3.05, 3.63) is 71.5 Å². The predicted molar refractivity (Wildman–Crippen MR) is 113 cm³/mol. The standard InChI is InChI=1S/C22H22N4OS/c27-22(24-17-13-23-25(15-17)14-16-6-2-1-3-7-16)20-12-21-19(10-11-28-21)26(20)18-8-4-5-9-18/h1-3,6-7,10-13,15,18H,4-5,8-9,14H2,(H,24,27). The maximum atomic E-state index is 13.1. The molecule has 0 unspecified atom stereocenters. The molecule has 1 aliphatic carbocycles. The van der Waals surface area contributed by atoms with Gasteiger partial charge < -0.3 is 9.88 Å². The van der Waals surface area contributed by atoms with Crippen LogP contribution in [-0.2, 0) is 6.54 Å². The number of fused-ring (bicyclic) bond motifs is 1. The third-order valence-electron chi connectivity index (χ3n) is 5.46. The second-order valence-electron chi connectivity index (χ2n) is 7.37. The van der Waals surface area contributed by atoms with Gasteiger partial charge >= 0.3 is 0 Å². The molecular formula is C22H22N4OS. The highest BCUT2D eigenvalue weighted by molar-refractivity contribution is 7.17. The van der Waals surface area contributed by atoms with Crippen LogP contribution in [0.2, 0.25) is 0 Å². The van der Waals surface area contributed by atoms with Crippen LogP contribution in [0.3, 0.4) is 0 Å². The number of amides is 1. The SMILES string of the molecule is O=C(Nc1cnn(Cc2ccccc2)c1)c1cc2sccc2n1C1CCCC1. The molecule has 1 aromatic carbocycles. The number of hydrogen-bond donors (Lipinski definition) is 1. The van der Waals surface area contributed by atoms with Gasteiger partial charge in [-0.15, -0.1) is 11.3 Å². The summed E-state index contributed by atoms with van der Waals surface area (Å²) in [5.41, 5.74) is 3.84. The maximum absolute atomic E-state index is 13.1. The molecule has 6 heteroatoms. The number of hydrogen-bond acceptors (Lipinski definition) is 3. The van der Waals surface area contributed by atoms with Crippen molar-refractivity contribution in [3.63, 3.8) is 0 Å². The molecule has 1 fully saturated rings. The van der Waals surface area contributed by atoms with Gasteiger partial charge in [0, 0.05) is 12.2 Å². The highest BCUT2D eigenvalue weighted by Gasteiger charge is 2.25. The van der Waals surface area contributed by atoms with Crippen molar-refractivity contribution in [2.45, 2.75) is 38.3 Å². The molecule has 5 rings (SSSR count). The first-order chi connectivity index (χ1) is 13.8. The number of anilines is 1. The van der Waals surface area contributed by atoms with Crippen molar-refractivity contribution in [2.24, 2.45) is 0 Å². The summed E-state index contributed by atoms with van der Waals surface area (Å²) in [6.45, 7) is 0.685. The highest BCUT2D eigenvalue weighted by atomic mass is 32.1. The van der Waals surface area contributed by atoms with E-state index < -0.39 is 0 Å². The molecule has 0 spiro atoms. The predicted octanol–water partition coefficient (Wildman–Crippen LogP) is 5.32. The van der Waals surface area contributed by atoms with Crippen LogP contribution in [0.25, 0.3) is 10.2 Å². The number of thiophene rings is 1. The molecule has 1 N–H and O–H groups in total. The summed E-state index contributed by atoms with van der Waals surface area (Å²) in [7, 11) is 0. The number of nitrogens with one attached hydrogen (secondary N) is 1. The van der Waals surface area contributed by atoms with E-state index in [4.69, 9.17) is 0 Å². The molecule has 0 bridgehead atoms. The van der Waals surface area contributed by atoms with Crippen molar-refractivity contribution in [1.82, 2.24) is 14.3 Å². The van der Waals surface area contributed by atoms with E-state index >= 15 is 0 Å². The number of rotatable bonds is 5. The van der Waals surface area contributed by atoms with Crippen LogP contribution in [-0.4, -0.2) is 20.3 Å². The number of carbonyl (C=O) groups is 1. The molecule has 5 nitrogen and oxygen atoms in total. The summed E-state index contributed by atoms with van der Waals surface area (Å²) in [5, 5.41) is 9.53. The smallest absolute Gasteiger partial charge is 0.272 e. The minimum atomic E-state index is -0.0606. The quantitative estimate of drug-likeness (QED) is 0.502. The summed E-state index contributed by atoms with van der Waals surface area (Å²) in [6.07, 6.45) is 8.37. The van der Waals surface area contributed by atoms with Gasteiger partial charge in [-0.1, -0.05) is 43.2 Å². The number of carbonyl (C=O) groups excluding carboxylic acids is 1. The van der Waals surface area contributed by atoms with Crippen LogP contribution >= 0.6 is 11.3 Å². The molecule has 3 aromatic heterocycles. The summed E-state index contributed by atoms with van der Waals surface area (Å²) in [4.78, 5) is 13.1. The van der Waals surface area contributed by atoms with E-state index in [-0.39, 0.29) is 5.91 Å². The highest BCUT2D eigenvalue weighted by Crippen LogP contribution is 2.36. The van der Waals surface area contributed by atoms with Crippen molar-refractivity contribution >= 4 is 33.1 Å². The molecule has 4 aromatic rings. The average Bonchev–Trinajstić information content (AvgIpc) is 3.47. The Labute approximate surface area is 167 Å². The van der Waals surface area contributed by atoms with E-state index in [0.29, 0.717) is 12.6 Å². The van der Waals surface area contributed by atoms with E-state index in [0.717, 1.165) is 24.2 Å². The Balaban J connectivity index is 1.37. The Hall–Kier alpha value is -2.86. The molecule has 0 radical (unpaired) electrons. The molecule has 1 saturated carbocycles. The zero-order chi connectivity index (χ0) is 18.9. The zero-order valence-electron chi connectivity index (χ0n) is 15.5. The van der Waals surface area contributed by atoms with Gasteiger partial charge in [0.25, 0.3) is 5.91 Å². The third-order valence-corrected chi connectivity index (χ3v) is 6.31. The lowest BCUT2D eigenvalue weighted by Crippen LogP contribution is -2.19. The molecule has 142 valence electrons. The molecule has 28 heavy (non-hydrogen) atoms. The van der Waals surface area contributed by atoms with Crippen molar-refractivity contribution in [1.29, 1.82) is 0 Å². The molecule has 0 atom stereocenters. The molecule has 1 amide bonds. The Morgan fingerprint density at radius 3 is 2.82 bits per heavy atom. The largest absolute Gasteiger partial charge is 0.333 e. The summed E-state index contributed by atoms with van der Waals surface area (Å²) in [6, 6.07) is 14.8. The Bertz CT molecular complexity index is 1100. The van der Waals surface area contributed by atoms with E-state index in [1.807, 2.05) is 35.1 Å². The number of benzene rings is 1. The van der Waals surface area contributed by atoms with Gasteiger partial charge in [0.05, 0.1) is 28.6 Å². The van der Waals surface area contributed by atoms with Crippen LogP contribution in [0.5, 0.6) is 0 Å². The second-order valence-corrected chi connectivity index (χ2v) is 8.32. The second kappa shape index (κ2) is 7.28. The average molecular weight is 391 g/mol. The monoisotopic (exact) mass is 390 g/mol. The van der Waals surface area contributed by atoms with Gasteiger partial charge in [0.1, 0.15) is 5.69 Å². The lowest BCUT2D eigenvalue weighted by Gasteiger charge is -2.16. The number of aromatic nitrogens is 3. The Morgan fingerprint density at radius 1 is 1.18 bits per heavy atom. The van der Waals surface area contributed by atoms with Gasteiger partial charge in [0.2, 0.25) is 0 Å². The zero-order valence-corrected chi connectivity index (χ0v) is 16.4. The summed E-state index contributed by atoms with van der Waals surface area (Å²) in [5.74, 6) is -0.0606. The van der Waals surface area contributed by atoms with E-state index in [1.165, 1.54) is 28.6 Å². The molecular weight excluding hydrogens is 368 g/mol. The van der Waals surface area contributed by atoms with Crippen molar-refractivity contribution in [2.75, 3.05) is 5.32 Å². The van der Waals surface area contributed by atoms with Gasteiger partial charge in [-0.3, -0.25) is 9.48 Å². The molecule has 0 aliphatic heterocycles. The van der Waals surface area contributed by atoms with E-state index in [9.17, 15) is 4.79 Å². The molecule has 3 heterocycles. The van der Waals surface area contributed by atoms with Gasteiger partial charge in [-0.05, 0) is 35.9 Å². The fourth-order valence-corrected chi connectivity index (χ4v) is 4.97. The Morgan fingerprint density at radius 2 is 2.00 bits per heavy atom.